The van der Waals surface area contributed by atoms with Crippen molar-refractivity contribution in [2.24, 2.45) is 0 Å². The third kappa shape index (κ3) is 2.42. The minimum absolute atomic E-state index is 0.162. The average Bonchev–Trinajstić information content (AvgIpc) is 2.76. The summed E-state index contributed by atoms with van der Waals surface area (Å²) >= 11 is 0. The molecule has 0 unspecified atom stereocenters. The van der Waals surface area contributed by atoms with Crippen molar-refractivity contribution in [3.8, 4) is 0 Å². The molecule has 1 heterocycles. The van der Waals surface area contributed by atoms with Gasteiger partial charge in [-0.05, 0) is 26.8 Å². The molecular formula is C12H16N2O4. The molecule has 0 spiro atoms. The molecule has 6 heteroatoms. The third-order valence-corrected chi connectivity index (χ3v) is 2.99. The number of likely N-dealkylation sites (N-methyl/N-ethyl adjacent to an activating group) is 1. The maximum Gasteiger partial charge on any atom is 0.329 e. The van der Waals surface area contributed by atoms with E-state index in [2.05, 4.69) is 4.98 Å². The number of hydrogen-bond donors (Lipinski definition) is 2. The predicted molar refractivity (Wildman–Crippen MR) is 64.6 cm³/mol. The van der Waals surface area contributed by atoms with Gasteiger partial charge in [0, 0.05) is 18.8 Å². The number of ketones is 1. The van der Waals surface area contributed by atoms with Gasteiger partial charge in [0.25, 0.3) is 5.91 Å². The molecule has 0 saturated carbocycles. The number of carbonyl (C=O) groups excluding carboxylic acids is 2. The van der Waals surface area contributed by atoms with Crippen LogP contribution in [0.2, 0.25) is 0 Å². The van der Waals surface area contributed by atoms with Gasteiger partial charge < -0.3 is 15.0 Å². The Morgan fingerprint density at radius 2 is 1.89 bits per heavy atom. The molecule has 1 aromatic rings. The van der Waals surface area contributed by atoms with E-state index in [1.807, 2.05) is 0 Å². The molecule has 98 valence electrons. The summed E-state index contributed by atoms with van der Waals surface area (Å²) in [6.45, 7) is 4.26. The fraction of sp³-hybridized carbons (Fsp3) is 0.417. The normalized spacial score (nSPS) is 11.1. The van der Waals surface area contributed by atoms with Gasteiger partial charge in [-0.2, -0.15) is 0 Å². The Bertz CT molecular complexity index is 502. The fourth-order valence-electron chi connectivity index (χ4n) is 1.30. The highest BCUT2D eigenvalue weighted by Crippen LogP contribution is 2.16. The smallest absolute Gasteiger partial charge is 0.329 e. The number of amides is 1. The van der Waals surface area contributed by atoms with Crippen LogP contribution in [0, 0.1) is 0 Å². The van der Waals surface area contributed by atoms with Gasteiger partial charge in [0.1, 0.15) is 11.2 Å². The molecule has 0 fully saturated rings. The van der Waals surface area contributed by atoms with Crippen molar-refractivity contribution in [1.29, 1.82) is 0 Å². The number of aliphatic carboxylic acids is 1. The first-order chi connectivity index (χ1) is 8.17. The second-order valence-corrected chi connectivity index (χ2v) is 4.59. The summed E-state index contributed by atoms with van der Waals surface area (Å²) in [6, 6.07) is 1.42. The molecule has 0 radical (unpaired) electrons. The predicted octanol–water partition coefficient (Wildman–Crippen LogP) is 1.15. The first-order valence-electron chi connectivity index (χ1n) is 5.39. The molecule has 0 aromatic carbocycles. The first kappa shape index (κ1) is 14.0. The molecule has 0 aliphatic carbocycles. The second kappa shape index (κ2) is 4.64. The number of rotatable bonds is 4. The van der Waals surface area contributed by atoms with E-state index in [0.717, 1.165) is 4.90 Å². The highest BCUT2D eigenvalue weighted by Gasteiger charge is 2.36. The summed E-state index contributed by atoms with van der Waals surface area (Å²) in [5, 5.41) is 9.04. The molecule has 0 aliphatic rings. The molecule has 1 amide bonds. The van der Waals surface area contributed by atoms with Crippen molar-refractivity contribution >= 4 is 17.7 Å². The highest BCUT2D eigenvalue weighted by atomic mass is 16.4. The van der Waals surface area contributed by atoms with E-state index in [1.54, 1.807) is 0 Å². The van der Waals surface area contributed by atoms with E-state index in [4.69, 9.17) is 5.11 Å². The quantitative estimate of drug-likeness (QED) is 0.786. The largest absolute Gasteiger partial charge is 0.480 e. The Morgan fingerprint density at radius 1 is 1.33 bits per heavy atom. The molecule has 0 saturated heterocycles. The van der Waals surface area contributed by atoms with Crippen molar-refractivity contribution < 1.29 is 19.5 Å². The number of hydrogen-bond acceptors (Lipinski definition) is 3. The Balaban J connectivity index is 3.00. The van der Waals surface area contributed by atoms with Gasteiger partial charge >= 0.3 is 5.97 Å². The summed E-state index contributed by atoms with van der Waals surface area (Å²) in [6.07, 6.45) is 1.43. The standard InChI is InChI=1S/C12H16N2O4/c1-7(15)8-5-9(13-6-8)10(16)14(4)12(2,3)11(17)18/h5-6,13H,1-4H3,(H,17,18). The van der Waals surface area contributed by atoms with Crippen LogP contribution >= 0.6 is 0 Å². The van der Waals surface area contributed by atoms with E-state index in [1.165, 1.54) is 40.1 Å². The number of nitrogens with zero attached hydrogens (tertiary/aromatic N) is 1. The number of aromatic amines is 1. The highest BCUT2D eigenvalue weighted by molar-refractivity contribution is 6.00. The summed E-state index contributed by atoms with van der Waals surface area (Å²) in [5.41, 5.74) is -0.740. The SMILES string of the molecule is CC(=O)c1c[nH]c(C(=O)N(C)C(C)(C)C(=O)O)c1. The van der Waals surface area contributed by atoms with Gasteiger partial charge in [-0.3, -0.25) is 9.59 Å². The lowest BCUT2D eigenvalue weighted by atomic mass is 10.0. The minimum atomic E-state index is -1.32. The van der Waals surface area contributed by atoms with Crippen LogP contribution in [0.1, 0.15) is 41.6 Å². The van der Waals surface area contributed by atoms with E-state index in [0.29, 0.717) is 5.56 Å². The van der Waals surface area contributed by atoms with Crippen molar-refractivity contribution in [2.75, 3.05) is 7.05 Å². The van der Waals surface area contributed by atoms with Crippen molar-refractivity contribution in [2.45, 2.75) is 26.3 Å². The zero-order chi connectivity index (χ0) is 14.1. The molecule has 2 N–H and O–H groups in total. The summed E-state index contributed by atoms with van der Waals surface area (Å²) < 4.78 is 0. The molecule has 0 aliphatic heterocycles. The number of nitrogens with one attached hydrogen (secondary N) is 1. The number of carboxylic acids is 1. The van der Waals surface area contributed by atoms with Gasteiger partial charge in [0.2, 0.25) is 0 Å². The topological polar surface area (TPSA) is 90.5 Å². The Labute approximate surface area is 105 Å². The van der Waals surface area contributed by atoms with E-state index in [-0.39, 0.29) is 11.5 Å². The Hall–Kier alpha value is -2.11. The van der Waals surface area contributed by atoms with Crippen LogP contribution in [0.3, 0.4) is 0 Å². The number of H-pyrrole nitrogens is 1. The van der Waals surface area contributed by atoms with Crippen LogP contribution in [-0.4, -0.2) is 45.2 Å². The van der Waals surface area contributed by atoms with Gasteiger partial charge in [0.15, 0.2) is 5.78 Å². The third-order valence-electron chi connectivity index (χ3n) is 2.99. The zero-order valence-electron chi connectivity index (χ0n) is 10.8. The Morgan fingerprint density at radius 3 is 2.28 bits per heavy atom. The molecule has 18 heavy (non-hydrogen) atoms. The van der Waals surface area contributed by atoms with Gasteiger partial charge in [-0.1, -0.05) is 0 Å². The van der Waals surface area contributed by atoms with Crippen LogP contribution in [0.4, 0.5) is 0 Å². The maximum atomic E-state index is 12.1. The number of carboxylic acid groups (broad SMARTS) is 1. The Kier molecular flexibility index (Phi) is 3.59. The summed E-state index contributed by atoms with van der Waals surface area (Å²) in [7, 11) is 1.41. The number of Topliss-reactive ketones (excluding diaryl/α,β-unsaturated/α-hetero) is 1. The lowest BCUT2D eigenvalue weighted by Crippen LogP contribution is -2.50. The van der Waals surface area contributed by atoms with Crippen molar-refractivity contribution in [3.05, 3.63) is 23.5 Å². The van der Waals surface area contributed by atoms with Crippen LogP contribution in [0.15, 0.2) is 12.3 Å². The van der Waals surface area contributed by atoms with E-state index < -0.39 is 17.4 Å². The summed E-state index contributed by atoms with van der Waals surface area (Å²) in [4.78, 5) is 38.0. The summed E-state index contributed by atoms with van der Waals surface area (Å²) in [5.74, 6) is -1.74. The molecule has 1 rings (SSSR count). The second-order valence-electron chi connectivity index (χ2n) is 4.59. The first-order valence-corrected chi connectivity index (χ1v) is 5.39. The van der Waals surface area contributed by atoms with Crippen LogP contribution in [0.25, 0.3) is 0 Å². The lowest BCUT2D eigenvalue weighted by molar-refractivity contribution is -0.147. The van der Waals surface area contributed by atoms with Gasteiger partial charge in [0.05, 0.1) is 0 Å². The fourth-order valence-corrected chi connectivity index (χ4v) is 1.30. The van der Waals surface area contributed by atoms with Crippen LogP contribution in [-0.2, 0) is 4.79 Å². The average molecular weight is 252 g/mol. The van der Waals surface area contributed by atoms with Crippen molar-refractivity contribution in [3.63, 3.8) is 0 Å². The molecule has 0 bridgehead atoms. The molecular weight excluding hydrogens is 236 g/mol. The van der Waals surface area contributed by atoms with Gasteiger partial charge in [-0.25, -0.2) is 4.79 Å². The van der Waals surface area contributed by atoms with E-state index in [9.17, 15) is 14.4 Å². The molecule has 1 aromatic heterocycles. The minimum Gasteiger partial charge on any atom is -0.480 e. The zero-order valence-corrected chi connectivity index (χ0v) is 10.8. The molecule has 6 nitrogen and oxygen atoms in total. The van der Waals surface area contributed by atoms with Crippen LogP contribution < -0.4 is 0 Å². The van der Waals surface area contributed by atoms with Crippen molar-refractivity contribution in [1.82, 2.24) is 9.88 Å². The van der Waals surface area contributed by atoms with E-state index >= 15 is 0 Å². The molecule has 0 atom stereocenters. The number of aromatic nitrogens is 1. The maximum absolute atomic E-state index is 12.1. The lowest BCUT2D eigenvalue weighted by Gasteiger charge is -2.31. The van der Waals surface area contributed by atoms with Crippen LogP contribution in [0.5, 0.6) is 0 Å². The van der Waals surface area contributed by atoms with Gasteiger partial charge in [-0.15, -0.1) is 0 Å². The number of carbonyl (C=O) groups is 3. The monoisotopic (exact) mass is 252 g/mol.